The summed E-state index contributed by atoms with van der Waals surface area (Å²) in [6, 6.07) is 5.07. The number of carbonyl (C=O) groups excluding carboxylic acids is 1. The molecule has 1 amide bonds. The number of sulfone groups is 1. The minimum atomic E-state index is -2.95. The standard InChI is InChI=1S/C17H19N5O5S2/c1-9(15(23)18-11-2-3-12-13(7-11)20-16(24)19-12)28-17-22-21-14(27-17)6-10-4-5-29(25,26)8-10/h2-3,7,9-10H,4-6,8H2,1H3,(H,18,23)(H2,19,20,24)/t9-,10-/m1/s1. The Kier molecular flexibility index (Phi) is 5.21. The largest absolute Gasteiger partial charge is 0.416 e. The first-order chi connectivity index (χ1) is 13.8. The molecule has 1 aliphatic heterocycles. The lowest BCUT2D eigenvalue weighted by Gasteiger charge is -2.10. The van der Waals surface area contributed by atoms with Gasteiger partial charge in [-0.1, -0.05) is 11.8 Å². The lowest BCUT2D eigenvalue weighted by Crippen LogP contribution is -2.22. The first kappa shape index (κ1) is 19.7. The molecule has 4 rings (SSSR count). The predicted octanol–water partition coefficient (Wildman–Crippen LogP) is 1.34. The third kappa shape index (κ3) is 4.70. The maximum Gasteiger partial charge on any atom is 0.323 e. The van der Waals surface area contributed by atoms with Gasteiger partial charge in [0, 0.05) is 12.1 Å². The number of nitrogens with one attached hydrogen (secondary N) is 3. The molecule has 29 heavy (non-hydrogen) atoms. The van der Waals surface area contributed by atoms with Crippen molar-refractivity contribution >= 4 is 44.2 Å². The molecule has 1 fully saturated rings. The smallest absolute Gasteiger partial charge is 0.323 e. The number of imidazole rings is 1. The van der Waals surface area contributed by atoms with Crippen LogP contribution in [0.1, 0.15) is 19.2 Å². The molecule has 0 saturated carbocycles. The summed E-state index contributed by atoms with van der Waals surface area (Å²) in [6.07, 6.45) is 1.02. The highest BCUT2D eigenvalue weighted by atomic mass is 32.2. The number of rotatable bonds is 6. The number of anilines is 1. The van der Waals surface area contributed by atoms with Crippen molar-refractivity contribution in [1.82, 2.24) is 20.2 Å². The number of aromatic nitrogens is 4. The Morgan fingerprint density at radius 3 is 2.90 bits per heavy atom. The van der Waals surface area contributed by atoms with Crippen molar-refractivity contribution in [1.29, 1.82) is 0 Å². The number of benzene rings is 1. The maximum absolute atomic E-state index is 12.4. The molecule has 12 heteroatoms. The van der Waals surface area contributed by atoms with E-state index < -0.39 is 15.1 Å². The van der Waals surface area contributed by atoms with Crippen molar-refractivity contribution < 1.29 is 17.6 Å². The van der Waals surface area contributed by atoms with Crippen molar-refractivity contribution in [3.63, 3.8) is 0 Å². The van der Waals surface area contributed by atoms with E-state index in [1.54, 1.807) is 25.1 Å². The Morgan fingerprint density at radius 2 is 2.14 bits per heavy atom. The first-order valence-electron chi connectivity index (χ1n) is 9.00. The van der Waals surface area contributed by atoms with Crippen LogP contribution in [0.3, 0.4) is 0 Å². The molecule has 0 aliphatic carbocycles. The lowest BCUT2D eigenvalue weighted by atomic mass is 10.1. The summed E-state index contributed by atoms with van der Waals surface area (Å²) >= 11 is 1.12. The second-order valence-electron chi connectivity index (χ2n) is 7.02. The van der Waals surface area contributed by atoms with E-state index >= 15 is 0 Å². The summed E-state index contributed by atoms with van der Waals surface area (Å²) in [5, 5.41) is 10.4. The number of aromatic amines is 2. The molecule has 2 atom stereocenters. The van der Waals surface area contributed by atoms with Gasteiger partial charge in [-0.05, 0) is 37.5 Å². The molecule has 2 aromatic heterocycles. The van der Waals surface area contributed by atoms with Crippen LogP contribution in [0, 0.1) is 5.92 Å². The van der Waals surface area contributed by atoms with Crippen LogP contribution in [0.4, 0.5) is 5.69 Å². The van der Waals surface area contributed by atoms with Crippen LogP contribution in [0.25, 0.3) is 11.0 Å². The SMILES string of the molecule is C[C@@H](Sc1nnc(C[C@H]2CCS(=O)(=O)C2)o1)C(=O)Nc1ccc2[nH]c(=O)[nH]c2c1. The Hall–Kier alpha value is -2.60. The highest BCUT2D eigenvalue weighted by Crippen LogP contribution is 2.26. The van der Waals surface area contributed by atoms with Crippen LogP contribution in [-0.2, 0) is 21.1 Å². The lowest BCUT2D eigenvalue weighted by molar-refractivity contribution is -0.115. The molecule has 1 aliphatic rings. The van der Waals surface area contributed by atoms with E-state index in [2.05, 4.69) is 25.5 Å². The highest BCUT2D eigenvalue weighted by molar-refractivity contribution is 8.00. The predicted molar refractivity (Wildman–Crippen MR) is 108 cm³/mol. The van der Waals surface area contributed by atoms with Gasteiger partial charge < -0.3 is 19.7 Å². The Labute approximate surface area is 169 Å². The number of amides is 1. The molecule has 10 nitrogen and oxygen atoms in total. The summed E-state index contributed by atoms with van der Waals surface area (Å²) in [5.41, 5.74) is 1.50. The normalized spacial score (nSPS) is 19.4. The summed E-state index contributed by atoms with van der Waals surface area (Å²) < 4.78 is 28.7. The fraction of sp³-hybridized carbons (Fsp3) is 0.412. The van der Waals surface area contributed by atoms with Crippen molar-refractivity contribution in [2.24, 2.45) is 5.92 Å². The molecule has 3 aromatic rings. The fourth-order valence-electron chi connectivity index (χ4n) is 3.21. The van der Waals surface area contributed by atoms with Gasteiger partial charge >= 0.3 is 5.69 Å². The second kappa shape index (κ2) is 7.67. The molecule has 0 unspecified atom stereocenters. The van der Waals surface area contributed by atoms with Gasteiger partial charge in [0.1, 0.15) is 0 Å². The van der Waals surface area contributed by atoms with Crippen molar-refractivity contribution in [3.05, 3.63) is 34.6 Å². The number of H-pyrrole nitrogens is 2. The molecule has 154 valence electrons. The summed E-state index contributed by atoms with van der Waals surface area (Å²) in [6.45, 7) is 1.71. The van der Waals surface area contributed by atoms with Gasteiger partial charge in [0.2, 0.25) is 11.8 Å². The summed E-state index contributed by atoms with van der Waals surface area (Å²) in [4.78, 5) is 29.0. The molecule has 0 spiro atoms. The number of nitrogens with zero attached hydrogens (tertiary/aromatic N) is 2. The van der Waals surface area contributed by atoms with Crippen LogP contribution in [0.15, 0.2) is 32.6 Å². The Morgan fingerprint density at radius 1 is 1.34 bits per heavy atom. The Bertz CT molecular complexity index is 1210. The molecule has 3 heterocycles. The first-order valence-corrected chi connectivity index (χ1v) is 11.7. The van der Waals surface area contributed by atoms with Crippen molar-refractivity contribution in [2.45, 2.75) is 30.2 Å². The van der Waals surface area contributed by atoms with E-state index in [1.807, 2.05) is 0 Å². The van der Waals surface area contributed by atoms with Crippen molar-refractivity contribution in [2.75, 3.05) is 16.8 Å². The second-order valence-corrected chi connectivity index (χ2v) is 10.5. The van der Waals surface area contributed by atoms with E-state index in [9.17, 15) is 18.0 Å². The molecule has 0 radical (unpaired) electrons. The van der Waals surface area contributed by atoms with E-state index in [1.165, 1.54) is 0 Å². The maximum atomic E-state index is 12.4. The van der Waals surface area contributed by atoms with E-state index in [0.29, 0.717) is 35.5 Å². The molecular formula is C17H19N5O5S2. The van der Waals surface area contributed by atoms with Gasteiger partial charge in [-0.25, -0.2) is 13.2 Å². The Balaban J connectivity index is 1.34. The van der Waals surface area contributed by atoms with Crippen LogP contribution in [0.5, 0.6) is 0 Å². The van der Waals surface area contributed by atoms with Gasteiger partial charge in [0.15, 0.2) is 9.84 Å². The third-order valence-electron chi connectivity index (χ3n) is 4.67. The van der Waals surface area contributed by atoms with Crippen LogP contribution < -0.4 is 11.0 Å². The average Bonchev–Trinajstić information content (AvgIpc) is 3.33. The van der Waals surface area contributed by atoms with Gasteiger partial charge in [-0.2, -0.15) is 0 Å². The minimum absolute atomic E-state index is 0.00573. The summed E-state index contributed by atoms with van der Waals surface area (Å²) in [7, 11) is -2.95. The third-order valence-corrected chi connectivity index (χ3v) is 7.44. The topological polar surface area (TPSA) is 151 Å². The van der Waals surface area contributed by atoms with Crippen molar-refractivity contribution in [3.8, 4) is 0 Å². The minimum Gasteiger partial charge on any atom is -0.416 e. The number of thioether (sulfide) groups is 1. The molecule has 3 N–H and O–H groups in total. The molecule has 1 aromatic carbocycles. The molecule has 1 saturated heterocycles. The van der Waals surface area contributed by atoms with Gasteiger partial charge in [0.25, 0.3) is 5.22 Å². The molecule has 0 bridgehead atoms. The van der Waals surface area contributed by atoms with E-state index in [-0.39, 0.29) is 34.2 Å². The number of hydrogen-bond acceptors (Lipinski definition) is 8. The zero-order chi connectivity index (χ0) is 20.6. The van der Waals surface area contributed by atoms with Gasteiger partial charge in [-0.15, -0.1) is 10.2 Å². The quantitative estimate of drug-likeness (QED) is 0.489. The zero-order valence-corrected chi connectivity index (χ0v) is 17.1. The fourth-order valence-corrected chi connectivity index (χ4v) is 5.77. The monoisotopic (exact) mass is 437 g/mol. The zero-order valence-electron chi connectivity index (χ0n) is 15.5. The van der Waals surface area contributed by atoms with Crippen LogP contribution in [0.2, 0.25) is 0 Å². The summed E-state index contributed by atoms with van der Waals surface area (Å²) in [5.74, 6) is 0.465. The number of fused-ring (bicyclic) bond motifs is 1. The van der Waals surface area contributed by atoms with Crippen LogP contribution in [-0.4, -0.2) is 51.2 Å². The van der Waals surface area contributed by atoms with Crippen LogP contribution >= 0.6 is 11.8 Å². The van der Waals surface area contributed by atoms with E-state index in [4.69, 9.17) is 4.42 Å². The highest BCUT2D eigenvalue weighted by Gasteiger charge is 2.29. The number of hydrogen-bond donors (Lipinski definition) is 3. The average molecular weight is 438 g/mol. The molecular weight excluding hydrogens is 418 g/mol. The van der Waals surface area contributed by atoms with E-state index in [0.717, 1.165) is 11.8 Å². The van der Waals surface area contributed by atoms with Gasteiger partial charge in [-0.3, -0.25) is 4.79 Å². The number of carbonyl (C=O) groups is 1. The van der Waals surface area contributed by atoms with Gasteiger partial charge in [0.05, 0.1) is 27.8 Å².